The van der Waals surface area contributed by atoms with Crippen LogP contribution in [0.5, 0.6) is 0 Å². The minimum atomic E-state index is -0.840. The molecule has 6 heteroatoms. The van der Waals surface area contributed by atoms with Gasteiger partial charge in [-0.2, -0.15) is 0 Å². The Kier molecular flexibility index (Phi) is 5.58. The first-order valence-electron chi connectivity index (χ1n) is 8.95. The van der Waals surface area contributed by atoms with E-state index in [1.807, 2.05) is 35.2 Å². The number of amides is 2. The Bertz CT molecular complexity index is 601. The highest BCUT2D eigenvalue weighted by Crippen LogP contribution is 2.47. The number of nitrogens with zero attached hydrogens (tertiary/aromatic N) is 1. The second kappa shape index (κ2) is 7.87. The van der Waals surface area contributed by atoms with Crippen LogP contribution in [-0.2, 0) is 16.0 Å². The van der Waals surface area contributed by atoms with Crippen molar-refractivity contribution in [3.63, 3.8) is 0 Å². The first kappa shape index (κ1) is 17.7. The van der Waals surface area contributed by atoms with Gasteiger partial charge < -0.3 is 20.1 Å². The van der Waals surface area contributed by atoms with Crippen LogP contribution in [0.4, 0.5) is 4.79 Å². The van der Waals surface area contributed by atoms with Crippen molar-refractivity contribution in [3.8, 4) is 0 Å². The number of aliphatic carboxylic acids is 1. The van der Waals surface area contributed by atoms with Crippen LogP contribution < -0.4 is 5.32 Å². The van der Waals surface area contributed by atoms with E-state index in [4.69, 9.17) is 9.84 Å². The number of rotatable bonds is 6. The molecule has 136 valence electrons. The summed E-state index contributed by atoms with van der Waals surface area (Å²) in [6.45, 7) is 2.62. The summed E-state index contributed by atoms with van der Waals surface area (Å²) < 4.78 is 5.63. The molecule has 2 amide bonds. The Morgan fingerprint density at radius 3 is 2.72 bits per heavy atom. The number of hydrogen-bond acceptors (Lipinski definition) is 3. The summed E-state index contributed by atoms with van der Waals surface area (Å²) in [5.74, 6) is -0.840. The lowest BCUT2D eigenvalue weighted by molar-refractivity contribution is -0.137. The molecule has 2 aliphatic rings. The van der Waals surface area contributed by atoms with Crippen molar-refractivity contribution in [1.82, 2.24) is 10.2 Å². The van der Waals surface area contributed by atoms with Crippen molar-refractivity contribution in [1.29, 1.82) is 0 Å². The van der Waals surface area contributed by atoms with E-state index in [0.717, 1.165) is 31.6 Å². The number of benzene rings is 1. The average Bonchev–Trinajstić information content (AvgIpc) is 3.39. The van der Waals surface area contributed by atoms with E-state index in [1.165, 1.54) is 0 Å². The quantitative estimate of drug-likeness (QED) is 0.828. The highest BCUT2D eigenvalue weighted by molar-refractivity contribution is 5.75. The van der Waals surface area contributed by atoms with Crippen molar-refractivity contribution in [2.24, 2.45) is 5.41 Å². The van der Waals surface area contributed by atoms with Crippen LogP contribution >= 0.6 is 0 Å². The lowest BCUT2D eigenvalue weighted by Gasteiger charge is -2.27. The van der Waals surface area contributed by atoms with E-state index < -0.39 is 5.97 Å². The largest absolute Gasteiger partial charge is 0.481 e. The van der Waals surface area contributed by atoms with Crippen LogP contribution in [0, 0.1) is 5.41 Å². The highest BCUT2D eigenvalue weighted by Gasteiger charge is 2.46. The number of carboxylic acid groups (broad SMARTS) is 1. The van der Waals surface area contributed by atoms with Gasteiger partial charge in [0.15, 0.2) is 0 Å². The molecule has 1 atom stereocenters. The lowest BCUT2D eigenvalue weighted by atomic mass is 10.0. The number of carbonyl (C=O) groups is 2. The fourth-order valence-corrected chi connectivity index (χ4v) is 3.33. The molecule has 3 rings (SSSR count). The zero-order valence-corrected chi connectivity index (χ0v) is 14.4. The van der Waals surface area contributed by atoms with Crippen molar-refractivity contribution >= 4 is 12.0 Å². The molecule has 0 bridgehead atoms. The molecule has 1 aliphatic carbocycles. The molecular weight excluding hydrogens is 320 g/mol. The fourth-order valence-electron chi connectivity index (χ4n) is 3.33. The molecule has 1 aliphatic heterocycles. The number of hydrogen-bond donors (Lipinski definition) is 2. The second-order valence-corrected chi connectivity index (χ2v) is 7.24. The summed E-state index contributed by atoms with van der Waals surface area (Å²) in [4.78, 5) is 25.5. The number of ether oxygens (including phenoxy) is 1. The van der Waals surface area contributed by atoms with Gasteiger partial charge >= 0.3 is 12.0 Å². The third kappa shape index (κ3) is 5.19. The molecule has 1 aromatic carbocycles. The van der Waals surface area contributed by atoms with Gasteiger partial charge in [-0.05, 0) is 31.2 Å². The number of nitrogens with one attached hydrogen (secondary N) is 1. The molecule has 6 nitrogen and oxygen atoms in total. The summed E-state index contributed by atoms with van der Waals surface area (Å²) in [5.41, 5.74) is 1.25. The van der Waals surface area contributed by atoms with Gasteiger partial charge in [-0.3, -0.25) is 4.79 Å². The van der Waals surface area contributed by atoms with Gasteiger partial charge in [0, 0.05) is 31.0 Å². The fraction of sp³-hybridized carbons (Fsp3) is 0.579. The summed E-state index contributed by atoms with van der Waals surface area (Å²) >= 11 is 0. The highest BCUT2D eigenvalue weighted by atomic mass is 16.5. The number of urea groups is 1. The van der Waals surface area contributed by atoms with Gasteiger partial charge in [0.2, 0.25) is 0 Å². The first-order valence-corrected chi connectivity index (χ1v) is 8.95. The topological polar surface area (TPSA) is 78.9 Å². The molecular formula is C19H26N2O4. The maximum atomic E-state index is 12.7. The molecule has 2 fully saturated rings. The molecule has 2 N–H and O–H groups in total. The molecule has 1 spiro atoms. The van der Waals surface area contributed by atoms with Crippen LogP contribution in [0.15, 0.2) is 30.3 Å². The summed E-state index contributed by atoms with van der Waals surface area (Å²) in [6.07, 6.45) is 3.33. The predicted molar refractivity (Wildman–Crippen MR) is 93.4 cm³/mol. The van der Waals surface area contributed by atoms with Crippen molar-refractivity contribution in [3.05, 3.63) is 35.9 Å². The zero-order valence-electron chi connectivity index (χ0n) is 14.4. The van der Waals surface area contributed by atoms with Gasteiger partial charge in [-0.1, -0.05) is 30.3 Å². The molecule has 0 radical (unpaired) electrons. The standard InChI is InChI=1S/C19H26N2O4/c22-17(23)7-6-16(12-15-4-2-1-3-5-15)20-18(24)21-10-11-25-14-19(13-21)8-9-19/h1-5,16H,6-14H2,(H,20,24)(H,22,23). The van der Waals surface area contributed by atoms with Crippen LogP contribution in [-0.4, -0.2) is 54.4 Å². The van der Waals surface area contributed by atoms with Gasteiger partial charge in [-0.25, -0.2) is 4.79 Å². The van der Waals surface area contributed by atoms with E-state index in [-0.39, 0.29) is 23.9 Å². The molecule has 25 heavy (non-hydrogen) atoms. The SMILES string of the molecule is O=C(O)CCC(Cc1ccccc1)NC(=O)N1CCOCC2(CC2)C1. The Hall–Kier alpha value is -2.08. The Morgan fingerprint density at radius 2 is 2.04 bits per heavy atom. The zero-order chi connectivity index (χ0) is 17.7. The predicted octanol–water partition coefficient (Wildman–Crippen LogP) is 2.28. The van der Waals surface area contributed by atoms with Gasteiger partial charge in [0.25, 0.3) is 0 Å². The molecule has 0 aromatic heterocycles. The smallest absolute Gasteiger partial charge is 0.317 e. The van der Waals surface area contributed by atoms with Crippen molar-refractivity contribution in [2.45, 2.75) is 38.1 Å². The molecule has 1 unspecified atom stereocenters. The van der Waals surface area contributed by atoms with E-state index >= 15 is 0 Å². The normalized spacial score (nSPS) is 19.9. The lowest BCUT2D eigenvalue weighted by Crippen LogP contribution is -2.48. The Morgan fingerprint density at radius 1 is 1.28 bits per heavy atom. The van der Waals surface area contributed by atoms with Crippen molar-refractivity contribution < 1.29 is 19.4 Å². The minimum Gasteiger partial charge on any atom is -0.481 e. The maximum absolute atomic E-state index is 12.7. The van der Waals surface area contributed by atoms with E-state index in [2.05, 4.69) is 5.32 Å². The number of carboxylic acids is 1. The van der Waals surface area contributed by atoms with Crippen LogP contribution in [0.1, 0.15) is 31.2 Å². The minimum absolute atomic E-state index is 0.0465. The maximum Gasteiger partial charge on any atom is 0.317 e. The third-order valence-corrected chi connectivity index (χ3v) is 5.04. The molecule has 1 saturated carbocycles. The van der Waals surface area contributed by atoms with Gasteiger partial charge in [-0.15, -0.1) is 0 Å². The summed E-state index contributed by atoms with van der Waals surface area (Å²) in [7, 11) is 0. The van der Waals surface area contributed by atoms with E-state index in [1.54, 1.807) is 0 Å². The van der Waals surface area contributed by atoms with Gasteiger partial charge in [0.05, 0.1) is 13.2 Å². The van der Waals surface area contributed by atoms with Gasteiger partial charge in [0.1, 0.15) is 0 Å². The van der Waals surface area contributed by atoms with Crippen LogP contribution in [0.3, 0.4) is 0 Å². The monoisotopic (exact) mass is 346 g/mol. The Labute approximate surface area is 148 Å². The van der Waals surface area contributed by atoms with E-state index in [9.17, 15) is 9.59 Å². The first-order chi connectivity index (χ1) is 12.1. The number of carbonyl (C=O) groups excluding carboxylic acids is 1. The summed E-state index contributed by atoms with van der Waals surface area (Å²) in [5, 5.41) is 12.0. The second-order valence-electron chi connectivity index (χ2n) is 7.24. The summed E-state index contributed by atoms with van der Waals surface area (Å²) in [6, 6.07) is 9.55. The van der Waals surface area contributed by atoms with Crippen molar-refractivity contribution in [2.75, 3.05) is 26.3 Å². The van der Waals surface area contributed by atoms with Crippen LogP contribution in [0.25, 0.3) is 0 Å². The van der Waals surface area contributed by atoms with E-state index in [0.29, 0.717) is 26.0 Å². The Balaban J connectivity index is 1.61. The molecule has 1 aromatic rings. The molecule has 1 saturated heterocycles. The average molecular weight is 346 g/mol. The molecule has 1 heterocycles. The van der Waals surface area contributed by atoms with Crippen LogP contribution in [0.2, 0.25) is 0 Å². The third-order valence-electron chi connectivity index (χ3n) is 5.04.